The predicted molar refractivity (Wildman–Crippen MR) is 160 cm³/mol. The summed E-state index contributed by atoms with van der Waals surface area (Å²) in [6.45, 7) is 0.374. The Balaban J connectivity index is 1.26. The highest BCUT2D eigenvalue weighted by Gasteiger charge is 2.10. The Labute approximate surface area is 230 Å². The lowest BCUT2D eigenvalue weighted by Gasteiger charge is -2.12. The van der Waals surface area contributed by atoms with Gasteiger partial charge < -0.3 is 4.74 Å². The number of benzene rings is 5. The van der Waals surface area contributed by atoms with Gasteiger partial charge in [0, 0.05) is 33.3 Å². The lowest BCUT2D eigenvalue weighted by atomic mass is 10.0. The molecule has 38 heavy (non-hydrogen) atoms. The van der Waals surface area contributed by atoms with Gasteiger partial charge in [0.1, 0.15) is 12.4 Å². The fourth-order valence-electron chi connectivity index (χ4n) is 4.35. The molecule has 1 aromatic heterocycles. The topological polar surface area (TPSA) is 34.5 Å². The highest BCUT2D eigenvalue weighted by Crippen LogP contribution is 2.31. The van der Waals surface area contributed by atoms with Crippen LogP contribution in [0.25, 0.3) is 33.2 Å². The van der Waals surface area contributed by atoms with E-state index in [1.54, 1.807) is 0 Å². The molecule has 0 amide bonds. The number of aromatic nitrogens is 1. The zero-order chi connectivity index (χ0) is 25.7. The summed E-state index contributed by atoms with van der Waals surface area (Å²) in [5.41, 5.74) is 6.21. The van der Waals surface area contributed by atoms with E-state index >= 15 is 0 Å². The number of hydrogen-bond acceptors (Lipinski definition) is 4. The molecule has 0 radical (unpaired) electrons. The van der Waals surface area contributed by atoms with E-state index in [0.29, 0.717) is 16.8 Å². The number of halogens is 1. The Morgan fingerprint density at radius 3 is 2.29 bits per heavy atom. The molecule has 0 aliphatic rings. The summed E-state index contributed by atoms with van der Waals surface area (Å²) in [6.07, 6.45) is 1.85. The van der Waals surface area contributed by atoms with Crippen LogP contribution in [-0.2, 0) is 6.61 Å². The molecule has 0 unspecified atom stereocenters. The van der Waals surface area contributed by atoms with Gasteiger partial charge in [0.25, 0.3) is 0 Å². The highest BCUT2D eigenvalue weighted by molar-refractivity contribution is 7.13. The van der Waals surface area contributed by atoms with E-state index in [1.165, 1.54) is 22.5 Å². The quantitative estimate of drug-likeness (QED) is 0.192. The van der Waals surface area contributed by atoms with E-state index < -0.39 is 0 Å². The van der Waals surface area contributed by atoms with Crippen molar-refractivity contribution in [1.29, 1.82) is 0 Å². The zero-order valence-corrected chi connectivity index (χ0v) is 22.0. The van der Waals surface area contributed by atoms with Gasteiger partial charge in [-0.25, -0.2) is 9.98 Å². The van der Waals surface area contributed by atoms with Crippen molar-refractivity contribution in [1.82, 2.24) is 4.98 Å². The van der Waals surface area contributed by atoms with Crippen LogP contribution in [0.1, 0.15) is 11.1 Å². The fraction of sp³-hybridized carbons (Fsp3) is 0.0303. The molecule has 5 aromatic carbocycles. The van der Waals surface area contributed by atoms with Gasteiger partial charge in [-0.2, -0.15) is 0 Å². The molecular weight excluding hydrogens is 508 g/mol. The molecule has 6 aromatic rings. The van der Waals surface area contributed by atoms with Crippen LogP contribution in [0.2, 0.25) is 5.02 Å². The van der Waals surface area contributed by atoms with Gasteiger partial charge >= 0.3 is 0 Å². The summed E-state index contributed by atoms with van der Waals surface area (Å²) in [7, 11) is 0. The molecule has 0 bridgehead atoms. The fourth-order valence-corrected chi connectivity index (χ4v) is 5.21. The Morgan fingerprint density at radius 2 is 1.45 bits per heavy atom. The number of thiazole rings is 1. The van der Waals surface area contributed by atoms with Crippen LogP contribution in [0.3, 0.4) is 0 Å². The average Bonchev–Trinajstić information content (AvgIpc) is 3.45. The van der Waals surface area contributed by atoms with E-state index in [0.717, 1.165) is 38.9 Å². The van der Waals surface area contributed by atoms with E-state index in [2.05, 4.69) is 66.7 Å². The average molecular weight is 531 g/mol. The van der Waals surface area contributed by atoms with Crippen molar-refractivity contribution >= 4 is 45.1 Å². The first-order valence-electron chi connectivity index (χ1n) is 12.3. The molecule has 0 aliphatic heterocycles. The second-order valence-electron chi connectivity index (χ2n) is 8.80. The van der Waals surface area contributed by atoms with E-state index in [9.17, 15) is 0 Å². The molecule has 0 aliphatic carbocycles. The molecule has 0 N–H and O–H groups in total. The third kappa shape index (κ3) is 5.23. The molecule has 184 valence electrons. The van der Waals surface area contributed by atoms with E-state index in [4.69, 9.17) is 26.3 Å². The molecule has 5 heteroatoms. The minimum absolute atomic E-state index is 0.374. The normalized spacial score (nSPS) is 11.3. The molecular formula is C33H23ClN2OS. The van der Waals surface area contributed by atoms with Gasteiger partial charge in [-0.3, -0.25) is 0 Å². The van der Waals surface area contributed by atoms with Gasteiger partial charge in [-0.1, -0.05) is 115 Å². The van der Waals surface area contributed by atoms with Crippen LogP contribution in [0.5, 0.6) is 5.75 Å². The largest absolute Gasteiger partial charge is 0.488 e. The molecule has 1 heterocycles. The summed E-state index contributed by atoms with van der Waals surface area (Å²) in [6, 6.07) is 38.8. The van der Waals surface area contributed by atoms with Crippen molar-refractivity contribution in [2.75, 3.05) is 0 Å². The van der Waals surface area contributed by atoms with Crippen molar-refractivity contribution in [2.45, 2.75) is 6.61 Å². The second-order valence-corrected chi connectivity index (χ2v) is 10.0. The maximum Gasteiger partial charge on any atom is 0.209 e. The minimum atomic E-state index is 0.374. The number of hydrogen-bond donors (Lipinski definition) is 0. The Morgan fingerprint density at radius 1 is 0.737 bits per heavy atom. The molecule has 6 rings (SSSR count). The first-order valence-corrected chi connectivity index (χ1v) is 13.5. The van der Waals surface area contributed by atoms with E-state index in [1.807, 2.05) is 60.1 Å². The van der Waals surface area contributed by atoms with Crippen LogP contribution >= 0.6 is 22.9 Å². The summed E-state index contributed by atoms with van der Waals surface area (Å²) >= 11 is 7.87. The summed E-state index contributed by atoms with van der Waals surface area (Å²) in [4.78, 5) is 9.52. The Bertz CT molecular complexity index is 1730. The molecule has 3 nitrogen and oxygen atoms in total. The van der Waals surface area contributed by atoms with Crippen LogP contribution in [0, 0.1) is 0 Å². The number of fused-ring (bicyclic) bond motifs is 1. The molecule has 0 saturated heterocycles. The molecule has 0 atom stereocenters. The summed E-state index contributed by atoms with van der Waals surface area (Å²) in [5, 5.41) is 5.62. The second kappa shape index (κ2) is 11.0. The van der Waals surface area contributed by atoms with Crippen LogP contribution in [0.15, 0.2) is 126 Å². The van der Waals surface area contributed by atoms with Crippen molar-refractivity contribution in [3.8, 4) is 28.1 Å². The highest BCUT2D eigenvalue weighted by atomic mass is 35.5. The van der Waals surface area contributed by atoms with E-state index in [-0.39, 0.29) is 0 Å². The number of aliphatic imine (C=N–C) groups is 1. The van der Waals surface area contributed by atoms with Crippen molar-refractivity contribution in [3.05, 3.63) is 137 Å². The Kier molecular flexibility index (Phi) is 6.99. The smallest absolute Gasteiger partial charge is 0.209 e. The first kappa shape index (κ1) is 24.1. The maximum absolute atomic E-state index is 6.35. The summed E-state index contributed by atoms with van der Waals surface area (Å²) < 4.78 is 6.23. The lowest BCUT2D eigenvalue weighted by molar-refractivity contribution is 0.306. The first-order chi connectivity index (χ1) is 18.7. The molecule has 0 spiro atoms. The van der Waals surface area contributed by atoms with Crippen molar-refractivity contribution in [3.63, 3.8) is 0 Å². The monoisotopic (exact) mass is 530 g/mol. The zero-order valence-electron chi connectivity index (χ0n) is 20.4. The van der Waals surface area contributed by atoms with Crippen molar-refractivity contribution < 1.29 is 4.74 Å². The van der Waals surface area contributed by atoms with Crippen molar-refractivity contribution in [2.24, 2.45) is 4.99 Å². The van der Waals surface area contributed by atoms with Gasteiger partial charge in [-0.15, -0.1) is 11.3 Å². The Hall–Kier alpha value is -4.25. The standard InChI is InChI=1S/C33H23ClN2OS/c34-30-13-7-5-11-27(30)21-37-32-19-18-25-10-4-6-12-28(25)29(32)20-35-33-36-31(22-38-33)26-16-14-24(15-17-26)23-8-2-1-3-9-23/h1-20,22H,21H2. The minimum Gasteiger partial charge on any atom is -0.488 e. The third-order valence-electron chi connectivity index (χ3n) is 6.36. The molecule has 0 fully saturated rings. The predicted octanol–water partition coefficient (Wildman–Crippen LogP) is 9.61. The van der Waals surface area contributed by atoms with Gasteiger partial charge in [0.15, 0.2) is 0 Å². The van der Waals surface area contributed by atoms with Gasteiger partial charge in [0.05, 0.1) is 5.69 Å². The van der Waals surface area contributed by atoms with Crippen LogP contribution < -0.4 is 4.74 Å². The number of rotatable bonds is 7. The SMILES string of the molecule is Clc1ccccc1COc1ccc2ccccc2c1C=Nc1nc(-c2ccc(-c3ccccc3)cc2)cs1. The number of ether oxygens (including phenoxy) is 1. The third-order valence-corrected chi connectivity index (χ3v) is 7.47. The molecule has 0 saturated carbocycles. The van der Waals surface area contributed by atoms with Crippen LogP contribution in [-0.4, -0.2) is 11.2 Å². The maximum atomic E-state index is 6.35. The number of nitrogens with zero attached hydrogens (tertiary/aromatic N) is 2. The summed E-state index contributed by atoms with van der Waals surface area (Å²) in [5.74, 6) is 0.751. The lowest BCUT2D eigenvalue weighted by Crippen LogP contribution is -1.99. The van der Waals surface area contributed by atoms with Gasteiger partial charge in [-0.05, 0) is 34.0 Å². The van der Waals surface area contributed by atoms with Crippen LogP contribution in [0.4, 0.5) is 5.13 Å². The van der Waals surface area contributed by atoms with Gasteiger partial charge in [0.2, 0.25) is 5.13 Å².